The molecule has 0 aliphatic rings. The molecule has 0 saturated carbocycles. The molecule has 4 aromatic rings. The summed E-state index contributed by atoms with van der Waals surface area (Å²) in [6.07, 6.45) is -0.571. The maximum Gasteiger partial charge on any atom is 0.416 e. The van der Waals surface area contributed by atoms with Gasteiger partial charge >= 0.3 is 6.18 Å². The fraction of sp³-hybridized carbons (Fsp3) is 0.185. The molecule has 1 amide bonds. The summed E-state index contributed by atoms with van der Waals surface area (Å²) < 4.78 is 45.5. The second-order valence-electron chi connectivity index (χ2n) is 8.06. The topological polar surface area (TPSA) is 68.2 Å². The van der Waals surface area contributed by atoms with E-state index < -0.39 is 17.6 Å². The van der Waals surface area contributed by atoms with Crippen LogP contribution in [0, 0.1) is 6.92 Å². The molecule has 6 nitrogen and oxygen atoms in total. The van der Waals surface area contributed by atoms with Crippen LogP contribution in [0.1, 0.15) is 34.2 Å². The van der Waals surface area contributed by atoms with Crippen molar-refractivity contribution in [2.24, 2.45) is 0 Å². The molecule has 0 radical (unpaired) electrons. The Bertz CT molecular complexity index is 1410. The number of hydrogen-bond acceptors (Lipinski definition) is 5. The molecule has 0 unspecified atom stereocenters. The Balaban J connectivity index is 1.64. The number of rotatable bonds is 6. The first-order chi connectivity index (χ1) is 17.2. The molecule has 184 valence electrons. The normalized spacial score (nSPS) is 11.3. The number of carbonyl (C=O) groups is 1. The van der Waals surface area contributed by atoms with Gasteiger partial charge in [0.15, 0.2) is 0 Å². The van der Waals surface area contributed by atoms with Gasteiger partial charge in [-0.05, 0) is 61.0 Å². The molecule has 0 saturated heterocycles. The van der Waals surface area contributed by atoms with Gasteiger partial charge in [-0.15, -0.1) is 0 Å². The minimum absolute atomic E-state index is 0.125. The predicted molar refractivity (Wildman–Crippen MR) is 130 cm³/mol. The third kappa shape index (κ3) is 5.35. The van der Waals surface area contributed by atoms with Crippen molar-refractivity contribution in [1.29, 1.82) is 0 Å². The zero-order valence-corrected chi connectivity index (χ0v) is 19.9. The summed E-state index contributed by atoms with van der Waals surface area (Å²) in [6, 6.07) is 14.9. The summed E-state index contributed by atoms with van der Waals surface area (Å²) in [5.74, 6) is 0.896. The van der Waals surface area contributed by atoms with Crippen molar-refractivity contribution >= 4 is 11.6 Å². The van der Waals surface area contributed by atoms with E-state index in [4.69, 9.17) is 4.74 Å². The van der Waals surface area contributed by atoms with E-state index in [2.05, 4.69) is 15.0 Å². The van der Waals surface area contributed by atoms with Gasteiger partial charge in [0.05, 0.1) is 16.8 Å². The molecular weight excluding hydrogens is 469 g/mol. The van der Waals surface area contributed by atoms with E-state index in [1.807, 2.05) is 19.9 Å². The molecule has 9 heteroatoms. The van der Waals surface area contributed by atoms with Gasteiger partial charge in [0.1, 0.15) is 11.6 Å². The van der Waals surface area contributed by atoms with E-state index in [1.165, 1.54) is 24.1 Å². The Kier molecular flexibility index (Phi) is 7.00. The first kappa shape index (κ1) is 24.8. The fourth-order valence-electron chi connectivity index (χ4n) is 3.54. The molecule has 0 bridgehead atoms. The second-order valence-corrected chi connectivity index (χ2v) is 8.06. The van der Waals surface area contributed by atoms with E-state index in [0.717, 1.165) is 17.7 Å². The standard InChI is InChI=1S/C27H23F3N4O2/c1-4-24-31-14-12-22(33-24)21-9-6-13-32-25(21)36-23-15-18(11-10-17(23)2)26(35)34(3)20-8-5-7-19(16-20)27(28,29)30/h5-16H,4H2,1-3H3. The lowest BCUT2D eigenvalue weighted by Gasteiger charge is -2.20. The highest BCUT2D eigenvalue weighted by Crippen LogP contribution is 2.34. The highest BCUT2D eigenvalue weighted by molar-refractivity contribution is 6.06. The van der Waals surface area contributed by atoms with E-state index in [-0.39, 0.29) is 11.3 Å². The quantitative estimate of drug-likeness (QED) is 0.307. The third-order valence-electron chi connectivity index (χ3n) is 5.58. The summed E-state index contributed by atoms with van der Waals surface area (Å²) in [5.41, 5.74) is 1.61. The molecule has 2 aromatic carbocycles. The Hall–Kier alpha value is -4.27. The number of hydrogen-bond donors (Lipinski definition) is 0. The van der Waals surface area contributed by atoms with Gasteiger partial charge in [-0.3, -0.25) is 4.79 Å². The molecule has 0 fully saturated rings. The summed E-state index contributed by atoms with van der Waals surface area (Å²) in [4.78, 5) is 27.4. The number of benzene rings is 2. The molecular formula is C27H23F3N4O2. The number of carbonyl (C=O) groups excluding carboxylic acids is 1. The number of ether oxygens (including phenoxy) is 1. The average Bonchev–Trinajstić information content (AvgIpc) is 2.89. The lowest BCUT2D eigenvalue weighted by Crippen LogP contribution is -2.26. The molecule has 0 aliphatic carbocycles. The van der Waals surface area contributed by atoms with Crippen LogP contribution in [0.15, 0.2) is 73.1 Å². The van der Waals surface area contributed by atoms with Crippen LogP contribution in [-0.2, 0) is 12.6 Å². The molecule has 2 aromatic heterocycles. The zero-order valence-electron chi connectivity index (χ0n) is 19.9. The van der Waals surface area contributed by atoms with Gasteiger partial charge in [-0.25, -0.2) is 15.0 Å². The second kappa shape index (κ2) is 10.2. The van der Waals surface area contributed by atoms with Crippen molar-refractivity contribution < 1.29 is 22.7 Å². The monoisotopic (exact) mass is 492 g/mol. The van der Waals surface area contributed by atoms with Gasteiger partial charge in [-0.2, -0.15) is 13.2 Å². The van der Waals surface area contributed by atoms with E-state index in [9.17, 15) is 18.0 Å². The highest BCUT2D eigenvalue weighted by atomic mass is 19.4. The van der Waals surface area contributed by atoms with E-state index in [0.29, 0.717) is 35.1 Å². The van der Waals surface area contributed by atoms with Crippen LogP contribution in [0.2, 0.25) is 0 Å². The van der Waals surface area contributed by atoms with Gasteiger partial charge in [0.25, 0.3) is 5.91 Å². The van der Waals surface area contributed by atoms with Crippen LogP contribution >= 0.6 is 0 Å². The molecule has 4 rings (SSSR count). The van der Waals surface area contributed by atoms with Crippen molar-refractivity contribution in [1.82, 2.24) is 15.0 Å². The van der Waals surface area contributed by atoms with Crippen LogP contribution in [0.25, 0.3) is 11.3 Å². The van der Waals surface area contributed by atoms with Crippen LogP contribution in [-0.4, -0.2) is 27.9 Å². The van der Waals surface area contributed by atoms with Gasteiger partial charge in [-0.1, -0.05) is 19.1 Å². The molecule has 0 spiro atoms. The number of alkyl halides is 3. The molecule has 0 N–H and O–H groups in total. The van der Waals surface area contributed by atoms with Crippen LogP contribution in [0.5, 0.6) is 11.6 Å². The van der Waals surface area contributed by atoms with Crippen molar-refractivity contribution in [3.8, 4) is 22.9 Å². The average molecular weight is 493 g/mol. The predicted octanol–water partition coefficient (Wildman–Crippen LogP) is 6.50. The van der Waals surface area contributed by atoms with Crippen molar-refractivity contribution in [3.63, 3.8) is 0 Å². The SMILES string of the molecule is CCc1nccc(-c2cccnc2Oc2cc(C(=O)N(C)c3cccc(C(F)(F)F)c3)ccc2C)n1. The number of aromatic nitrogens is 3. The number of pyridine rings is 1. The first-order valence-corrected chi connectivity index (χ1v) is 11.2. The summed E-state index contributed by atoms with van der Waals surface area (Å²) in [5, 5.41) is 0. The maximum absolute atomic E-state index is 13.1. The Labute approximate surface area is 206 Å². The molecule has 0 aliphatic heterocycles. The van der Waals surface area contributed by atoms with Crippen molar-refractivity contribution in [3.05, 3.63) is 95.6 Å². The van der Waals surface area contributed by atoms with Crippen molar-refractivity contribution in [2.75, 3.05) is 11.9 Å². The summed E-state index contributed by atoms with van der Waals surface area (Å²) in [6.45, 7) is 3.78. The minimum atomic E-state index is -4.51. The third-order valence-corrected chi connectivity index (χ3v) is 5.58. The zero-order chi connectivity index (χ0) is 25.9. The molecule has 36 heavy (non-hydrogen) atoms. The lowest BCUT2D eigenvalue weighted by atomic mass is 10.1. The number of amides is 1. The fourth-order valence-corrected chi connectivity index (χ4v) is 3.54. The Morgan fingerprint density at radius 3 is 2.56 bits per heavy atom. The molecule has 2 heterocycles. The van der Waals surface area contributed by atoms with Crippen LogP contribution < -0.4 is 9.64 Å². The van der Waals surface area contributed by atoms with Gasteiger partial charge in [0, 0.05) is 37.1 Å². The summed E-state index contributed by atoms with van der Waals surface area (Å²) >= 11 is 0. The Morgan fingerprint density at radius 1 is 1.00 bits per heavy atom. The van der Waals surface area contributed by atoms with E-state index in [1.54, 1.807) is 42.7 Å². The maximum atomic E-state index is 13.1. The lowest BCUT2D eigenvalue weighted by molar-refractivity contribution is -0.137. The largest absolute Gasteiger partial charge is 0.438 e. The first-order valence-electron chi connectivity index (χ1n) is 11.2. The summed E-state index contributed by atoms with van der Waals surface area (Å²) in [7, 11) is 1.43. The highest BCUT2D eigenvalue weighted by Gasteiger charge is 2.31. The molecule has 0 atom stereocenters. The van der Waals surface area contributed by atoms with E-state index >= 15 is 0 Å². The smallest absolute Gasteiger partial charge is 0.416 e. The van der Waals surface area contributed by atoms with Gasteiger partial charge in [0.2, 0.25) is 5.88 Å². The van der Waals surface area contributed by atoms with Gasteiger partial charge < -0.3 is 9.64 Å². The number of nitrogens with zero attached hydrogens (tertiary/aromatic N) is 4. The minimum Gasteiger partial charge on any atom is -0.438 e. The number of anilines is 1. The number of aryl methyl sites for hydroxylation is 2. The van der Waals surface area contributed by atoms with Crippen molar-refractivity contribution in [2.45, 2.75) is 26.4 Å². The number of halogens is 3. The van der Waals surface area contributed by atoms with Crippen LogP contribution in [0.4, 0.5) is 18.9 Å². The Morgan fingerprint density at radius 2 is 1.81 bits per heavy atom. The van der Waals surface area contributed by atoms with Crippen LogP contribution in [0.3, 0.4) is 0 Å².